The minimum Gasteiger partial charge on any atom is -0.450 e. The molecule has 0 saturated carbocycles. The summed E-state index contributed by atoms with van der Waals surface area (Å²) in [6.07, 6.45) is 3.03. The Morgan fingerprint density at radius 1 is 1.44 bits per heavy atom. The largest absolute Gasteiger partial charge is 0.450 e. The molecule has 1 aliphatic rings. The van der Waals surface area contributed by atoms with Crippen molar-refractivity contribution < 1.29 is 9.34 Å². The first kappa shape index (κ1) is 19.4. The van der Waals surface area contributed by atoms with Crippen LogP contribution in [0.3, 0.4) is 0 Å². The summed E-state index contributed by atoms with van der Waals surface area (Å²) in [7, 11) is 0. The molecule has 0 unspecified atom stereocenters. The highest BCUT2D eigenvalue weighted by Crippen LogP contribution is 2.21. The van der Waals surface area contributed by atoms with Gasteiger partial charge in [-0.15, -0.1) is 12.4 Å². The molecule has 0 N–H and O–H groups in total. The molecule has 0 saturated heterocycles. The second-order valence-electron chi connectivity index (χ2n) is 5.04. The van der Waals surface area contributed by atoms with Gasteiger partial charge in [0.15, 0.2) is 4.67 Å². The number of rotatable bonds is 5. The molecule has 3 heterocycles. The molecule has 7 nitrogen and oxygen atoms in total. The first-order valence-electron chi connectivity index (χ1n) is 7.04. The Kier molecular flexibility index (Phi) is 6.57. The van der Waals surface area contributed by atoms with Crippen molar-refractivity contribution in [2.45, 2.75) is 6.54 Å². The van der Waals surface area contributed by atoms with Crippen LogP contribution in [-0.4, -0.2) is 33.7 Å². The molecule has 0 bridgehead atoms. The van der Waals surface area contributed by atoms with Crippen molar-refractivity contribution in [1.82, 2.24) is 9.88 Å². The molecule has 0 spiro atoms. The standard InChI is InChI=1S/C15H12BrClN4O3.ClH/c16-13-3-2-11(24-13)7-12(21(22)23)15-18-5-6-20(15)9-10-1-4-14(17)19-8-10;/h1-4,7-8H,5-6,9H2;1H/b12-7-;. The number of nitro groups is 1. The highest BCUT2D eigenvalue weighted by molar-refractivity contribution is 9.10. The van der Waals surface area contributed by atoms with Gasteiger partial charge < -0.3 is 9.32 Å². The lowest BCUT2D eigenvalue weighted by Gasteiger charge is -2.18. The van der Waals surface area contributed by atoms with E-state index < -0.39 is 4.92 Å². The number of nitrogens with zero attached hydrogens (tertiary/aromatic N) is 4. The molecule has 0 fully saturated rings. The Labute approximate surface area is 163 Å². The number of amidine groups is 1. The smallest absolute Gasteiger partial charge is 0.314 e. The van der Waals surface area contributed by atoms with E-state index in [2.05, 4.69) is 25.9 Å². The van der Waals surface area contributed by atoms with Gasteiger partial charge in [0.1, 0.15) is 10.9 Å². The third-order valence-corrected chi connectivity index (χ3v) is 4.04. The summed E-state index contributed by atoms with van der Waals surface area (Å²) in [5.74, 6) is 0.721. The maximum absolute atomic E-state index is 11.5. The number of halogens is 3. The highest BCUT2D eigenvalue weighted by atomic mass is 79.9. The van der Waals surface area contributed by atoms with Gasteiger partial charge in [0.2, 0.25) is 5.84 Å². The molecule has 3 rings (SSSR count). The molecular formula is C15H13BrCl2N4O3. The lowest BCUT2D eigenvalue weighted by Crippen LogP contribution is -2.30. The van der Waals surface area contributed by atoms with Crippen LogP contribution in [0.1, 0.15) is 11.3 Å². The average molecular weight is 448 g/mol. The monoisotopic (exact) mass is 446 g/mol. The Hall–Kier alpha value is -1.90. The maximum Gasteiger partial charge on any atom is 0.314 e. The van der Waals surface area contributed by atoms with Crippen molar-refractivity contribution in [3.8, 4) is 0 Å². The van der Waals surface area contributed by atoms with Gasteiger partial charge in [-0.25, -0.2) is 4.98 Å². The second kappa shape index (κ2) is 8.46. The van der Waals surface area contributed by atoms with Crippen LogP contribution in [0.5, 0.6) is 0 Å². The van der Waals surface area contributed by atoms with Crippen LogP contribution in [0.25, 0.3) is 6.08 Å². The minimum absolute atomic E-state index is 0. The summed E-state index contributed by atoms with van der Waals surface area (Å²) in [4.78, 5) is 21.2. The lowest BCUT2D eigenvalue weighted by atomic mass is 10.2. The summed E-state index contributed by atoms with van der Waals surface area (Å²) in [5, 5.41) is 11.9. The molecule has 0 radical (unpaired) electrons. The van der Waals surface area contributed by atoms with Crippen LogP contribution in [0.15, 0.2) is 50.2 Å². The summed E-state index contributed by atoms with van der Waals surface area (Å²) < 4.78 is 5.84. The van der Waals surface area contributed by atoms with Crippen molar-refractivity contribution in [2.75, 3.05) is 13.1 Å². The lowest BCUT2D eigenvalue weighted by molar-refractivity contribution is -0.414. The predicted molar refractivity (Wildman–Crippen MR) is 101 cm³/mol. The maximum atomic E-state index is 11.5. The molecule has 0 aromatic carbocycles. The van der Waals surface area contributed by atoms with Crippen LogP contribution in [0, 0.1) is 10.1 Å². The summed E-state index contributed by atoms with van der Waals surface area (Å²) in [6, 6.07) is 6.85. The number of furan rings is 1. The topological polar surface area (TPSA) is 84.8 Å². The van der Waals surface area contributed by atoms with E-state index in [1.54, 1.807) is 24.4 Å². The van der Waals surface area contributed by atoms with Gasteiger partial charge in [0, 0.05) is 19.3 Å². The van der Waals surface area contributed by atoms with Crippen molar-refractivity contribution >= 4 is 51.8 Å². The molecule has 2 aromatic rings. The number of aromatic nitrogens is 1. The van der Waals surface area contributed by atoms with Crippen molar-refractivity contribution in [1.29, 1.82) is 0 Å². The van der Waals surface area contributed by atoms with E-state index in [9.17, 15) is 10.1 Å². The molecule has 2 aromatic heterocycles. The fraction of sp³-hybridized carbons (Fsp3) is 0.200. The Morgan fingerprint density at radius 3 is 2.84 bits per heavy atom. The van der Waals surface area contributed by atoms with Crippen molar-refractivity contribution in [3.63, 3.8) is 0 Å². The Morgan fingerprint density at radius 2 is 2.24 bits per heavy atom. The van der Waals surface area contributed by atoms with E-state index >= 15 is 0 Å². The molecule has 0 atom stereocenters. The molecule has 25 heavy (non-hydrogen) atoms. The fourth-order valence-electron chi connectivity index (χ4n) is 2.34. The second-order valence-corrected chi connectivity index (χ2v) is 6.21. The average Bonchev–Trinajstić information content (AvgIpc) is 3.16. The summed E-state index contributed by atoms with van der Waals surface area (Å²) in [5.41, 5.74) is 0.800. The molecule has 132 valence electrons. The van der Waals surface area contributed by atoms with Crippen molar-refractivity contribution in [2.24, 2.45) is 4.99 Å². The summed E-state index contributed by atoms with van der Waals surface area (Å²) >= 11 is 8.96. The van der Waals surface area contributed by atoms with Gasteiger partial charge in [-0.05, 0) is 39.7 Å². The van der Waals surface area contributed by atoms with E-state index in [4.69, 9.17) is 16.0 Å². The first-order chi connectivity index (χ1) is 11.5. The van der Waals surface area contributed by atoms with E-state index in [-0.39, 0.29) is 18.1 Å². The first-order valence-corrected chi connectivity index (χ1v) is 8.21. The molecule has 0 amide bonds. The highest BCUT2D eigenvalue weighted by Gasteiger charge is 2.29. The summed E-state index contributed by atoms with van der Waals surface area (Å²) in [6.45, 7) is 1.57. The van der Waals surface area contributed by atoms with Gasteiger partial charge in [-0.2, -0.15) is 0 Å². The van der Waals surface area contributed by atoms with Crippen LogP contribution in [0.2, 0.25) is 5.15 Å². The van der Waals surface area contributed by atoms with Gasteiger partial charge in [-0.3, -0.25) is 15.1 Å². The number of hydrogen-bond acceptors (Lipinski definition) is 6. The number of aliphatic imine (C=N–C) groups is 1. The zero-order valence-electron chi connectivity index (χ0n) is 12.8. The fourth-order valence-corrected chi connectivity index (χ4v) is 2.77. The van der Waals surface area contributed by atoms with Gasteiger partial charge in [0.25, 0.3) is 0 Å². The van der Waals surface area contributed by atoms with Crippen LogP contribution in [0.4, 0.5) is 0 Å². The molecule has 1 aliphatic heterocycles. The zero-order chi connectivity index (χ0) is 17.1. The normalized spacial score (nSPS) is 14.2. The van der Waals surface area contributed by atoms with Gasteiger partial charge >= 0.3 is 5.70 Å². The quantitative estimate of drug-likeness (QED) is 0.392. The van der Waals surface area contributed by atoms with Crippen LogP contribution < -0.4 is 0 Å². The van der Waals surface area contributed by atoms with Gasteiger partial charge in [-0.1, -0.05) is 17.7 Å². The van der Waals surface area contributed by atoms with E-state index in [0.29, 0.717) is 41.1 Å². The SMILES string of the molecule is Cl.O=[N+]([O-])/C(=C\c1ccc(Br)o1)C1=NCCN1Cc1ccc(Cl)nc1. The third kappa shape index (κ3) is 4.81. The van der Waals surface area contributed by atoms with E-state index in [1.165, 1.54) is 6.08 Å². The molecule has 10 heteroatoms. The Bertz CT molecular complexity index is 820. The van der Waals surface area contributed by atoms with Gasteiger partial charge in [0.05, 0.1) is 17.5 Å². The molecule has 0 aliphatic carbocycles. The van der Waals surface area contributed by atoms with Crippen molar-refractivity contribution in [3.05, 3.63) is 67.4 Å². The minimum atomic E-state index is -0.451. The predicted octanol–water partition coefficient (Wildman–Crippen LogP) is 4.04. The van der Waals surface area contributed by atoms with Crippen LogP contribution >= 0.6 is 39.9 Å². The van der Waals surface area contributed by atoms with Crippen LogP contribution in [-0.2, 0) is 6.54 Å². The third-order valence-electron chi connectivity index (χ3n) is 3.39. The van der Waals surface area contributed by atoms with E-state index in [1.807, 2.05) is 11.0 Å². The molecular weight excluding hydrogens is 435 g/mol. The number of pyridine rings is 1. The van der Waals surface area contributed by atoms with E-state index in [0.717, 1.165) is 5.56 Å². The number of hydrogen-bond donors (Lipinski definition) is 0. The zero-order valence-corrected chi connectivity index (χ0v) is 15.9. The Balaban J connectivity index is 0.00000225.